The lowest BCUT2D eigenvalue weighted by Gasteiger charge is -2.10. The maximum atomic E-state index is 12.4. The number of nitrogens with one attached hydrogen (secondary N) is 2. The van der Waals surface area contributed by atoms with Gasteiger partial charge in [-0.3, -0.25) is 19.1 Å². The van der Waals surface area contributed by atoms with Crippen molar-refractivity contribution in [1.29, 1.82) is 0 Å². The van der Waals surface area contributed by atoms with Crippen molar-refractivity contribution in [2.24, 2.45) is 0 Å². The van der Waals surface area contributed by atoms with E-state index in [1.807, 2.05) is 0 Å². The highest BCUT2D eigenvalue weighted by molar-refractivity contribution is 5.97. The Morgan fingerprint density at radius 1 is 1.11 bits per heavy atom. The maximum Gasteiger partial charge on any atom is 0.251 e. The predicted molar refractivity (Wildman–Crippen MR) is 102 cm³/mol. The van der Waals surface area contributed by atoms with Gasteiger partial charge in [-0.25, -0.2) is 0 Å². The van der Waals surface area contributed by atoms with E-state index in [2.05, 4.69) is 15.7 Å². The van der Waals surface area contributed by atoms with Crippen LogP contribution in [0.5, 0.6) is 0 Å². The topological polar surface area (TPSA) is 93.1 Å². The number of nitrogens with zero attached hydrogens (tertiary/aromatic N) is 2. The van der Waals surface area contributed by atoms with Crippen molar-refractivity contribution in [1.82, 2.24) is 15.1 Å². The lowest BCUT2D eigenvalue weighted by molar-refractivity contribution is -0.116. The standard InChI is InChI=1S/C20H18N4O3/c25-18-11-21-24(17-7-2-1-6-16(17)18)12-19(26)22-15-5-3-4-13(10-15)20(27)23-14-8-9-14/h1-7,10-11,14H,8-9,12H2,(H,22,26)(H,23,27). The maximum absolute atomic E-state index is 12.4. The number of para-hydroxylation sites is 1. The Morgan fingerprint density at radius 2 is 1.93 bits per heavy atom. The summed E-state index contributed by atoms with van der Waals surface area (Å²) < 4.78 is 1.48. The van der Waals surface area contributed by atoms with Crippen LogP contribution in [0.4, 0.5) is 5.69 Å². The molecule has 2 N–H and O–H groups in total. The molecule has 0 spiro atoms. The van der Waals surface area contributed by atoms with E-state index in [1.165, 1.54) is 10.9 Å². The summed E-state index contributed by atoms with van der Waals surface area (Å²) in [6.07, 6.45) is 3.24. The molecular formula is C20H18N4O3. The zero-order chi connectivity index (χ0) is 18.8. The van der Waals surface area contributed by atoms with Gasteiger partial charge in [-0.15, -0.1) is 0 Å². The van der Waals surface area contributed by atoms with Crippen LogP contribution in [0, 0.1) is 0 Å². The monoisotopic (exact) mass is 362 g/mol. The Balaban J connectivity index is 1.49. The van der Waals surface area contributed by atoms with E-state index >= 15 is 0 Å². The van der Waals surface area contributed by atoms with Crippen molar-refractivity contribution in [2.45, 2.75) is 25.4 Å². The zero-order valence-corrected chi connectivity index (χ0v) is 14.5. The average molecular weight is 362 g/mol. The highest BCUT2D eigenvalue weighted by atomic mass is 16.2. The van der Waals surface area contributed by atoms with E-state index in [9.17, 15) is 14.4 Å². The molecule has 0 aliphatic heterocycles. The Labute approximate surface area is 155 Å². The molecular weight excluding hydrogens is 344 g/mol. The van der Waals surface area contributed by atoms with Crippen LogP contribution in [-0.4, -0.2) is 27.6 Å². The van der Waals surface area contributed by atoms with Gasteiger partial charge < -0.3 is 10.6 Å². The van der Waals surface area contributed by atoms with E-state index in [0.29, 0.717) is 22.2 Å². The van der Waals surface area contributed by atoms with Gasteiger partial charge in [0.1, 0.15) is 6.54 Å². The molecule has 0 saturated heterocycles. The van der Waals surface area contributed by atoms with Crippen molar-refractivity contribution < 1.29 is 9.59 Å². The minimum absolute atomic E-state index is 0.0424. The highest BCUT2D eigenvalue weighted by Gasteiger charge is 2.23. The molecule has 1 aliphatic carbocycles. The minimum atomic E-state index is -0.295. The third kappa shape index (κ3) is 3.87. The van der Waals surface area contributed by atoms with Gasteiger partial charge in [0.25, 0.3) is 5.91 Å². The Bertz CT molecular complexity index is 1090. The van der Waals surface area contributed by atoms with Crippen LogP contribution >= 0.6 is 0 Å². The van der Waals surface area contributed by atoms with Crippen LogP contribution in [0.25, 0.3) is 10.9 Å². The van der Waals surface area contributed by atoms with Crippen molar-refractivity contribution in [3.8, 4) is 0 Å². The number of hydrogen-bond donors (Lipinski definition) is 2. The third-order valence-corrected chi connectivity index (χ3v) is 4.38. The second-order valence-electron chi connectivity index (χ2n) is 6.56. The largest absolute Gasteiger partial charge is 0.349 e. The number of anilines is 1. The zero-order valence-electron chi connectivity index (χ0n) is 14.5. The smallest absolute Gasteiger partial charge is 0.251 e. The molecule has 0 radical (unpaired) electrons. The Hall–Kier alpha value is -3.48. The van der Waals surface area contributed by atoms with Crippen molar-refractivity contribution >= 4 is 28.4 Å². The summed E-state index contributed by atoms with van der Waals surface area (Å²) in [5, 5.41) is 10.3. The number of fused-ring (bicyclic) bond motifs is 1. The van der Waals surface area contributed by atoms with Gasteiger partial charge in [-0.1, -0.05) is 18.2 Å². The van der Waals surface area contributed by atoms with Gasteiger partial charge >= 0.3 is 0 Å². The number of aromatic nitrogens is 2. The van der Waals surface area contributed by atoms with Crippen molar-refractivity contribution in [3.63, 3.8) is 0 Å². The van der Waals surface area contributed by atoms with Gasteiger partial charge in [0.2, 0.25) is 11.3 Å². The van der Waals surface area contributed by atoms with E-state index in [4.69, 9.17) is 0 Å². The predicted octanol–water partition coefficient (Wildman–Crippen LogP) is 1.93. The lowest BCUT2D eigenvalue weighted by Crippen LogP contribution is -2.26. The molecule has 27 heavy (non-hydrogen) atoms. The normalized spacial score (nSPS) is 13.3. The molecule has 0 atom stereocenters. The fourth-order valence-corrected chi connectivity index (χ4v) is 2.86. The van der Waals surface area contributed by atoms with Crippen LogP contribution < -0.4 is 16.1 Å². The summed E-state index contributed by atoms with van der Waals surface area (Å²) >= 11 is 0. The lowest BCUT2D eigenvalue weighted by atomic mass is 10.2. The molecule has 1 heterocycles. The molecule has 2 aromatic carbocycles. The number of hydrogen-bond acceptors (Lipinski definition) is 4. The first-order valence-electron chi connectivity index (χ1n) is 8.76. The van der Waals surface area contributed by atoms with Crippen LogP contribution in [0.15, 0.2) is 59.5 Å². The van der Waals surface area contributed by atoms with E-state index < -0.39 is 0 Å². The molecule has 7 nitrogen and oxygen atoms in total. The number of carbonyl (C=O) groups is 2. The fourth-order valence-electron chi connectivity index (χ4n) is 2.86. The summed E-state index contributed by atoms with van der Waals surface area (Å²) in [6.45, 7) is -0.0424. The molecule has 136 valence electrons. The summed E-state index contributed by atoms with van der Waals surface area (Å²) in [4.78, 5) is 36.4. The quantitative estimate of drug-likeness (QED) is 0.725. The van der Waals surface area contributed by atoms with Crippen LogP contribution in [0.2, 0.25) is 0 Å². The molecule has 1 saturated carbocycles. The van der Waals surface area contributed by atoms with E-state index in [-0.39, 0.29) is 29.8 Å². The SMILES string of the molecule is O=C(Cn1ncc(=O)c2ccccc21)Nc1cccc(C(=O)NC2CC2)c1. The summed E-state index contributed by atoms with van der Waals surface area (Å²) in [5.74, 6) is -0.433. The van der Waals surface area contributed by atoms with Gasteiger partial charge in [0, 0.05) is 22.7 Å². The van der Waals surface area contributed by atoms with Crippen molar-refractivity contribution in [3.05, 3.63) is 70.5 Å². The van der Waals surface area contributed by atoms with Crippen LogP contribution in [0.3, 0.4) is 0 Å². The molecule has 0 bridgehead atoms. The molecule has 1 aliphatic rings. The summed E-state index contributed by atoms with van der Waals surface area (Å²) in [7, 11) is 0. The fraction of sp³-hybridized carbons (Fsp3) is 0.200. The second-order valence-corrected chi connectivity index (χ2v) is 6.56. The average Bonchev–Trinajstić information content (AvgIpc) is 3.48. The van der Waals surface area contributed by atoms with Gasteiger partial charge in [-0.05, 0) is 43.2 Å². The van der Waals surface area contributed by atoms with Gasteiger partial charge in [0.05, 0.1) is 11.7 Å². The van der Waals surface area contributed by atoms with Crippen LogP contribution in [0.1, 0.15) is 23.2 Å². The molecule has 2 amide bonds. The first-order valence-corrected chi connectivity index (χ1v) is 8.76. The first kappa shape index (κ1) is 17.0. The Morgan fingerprint density at radius 3 is 2.74 bits per heavy atom. The number of rotatable bonds is 5. The van der Waals surface area contributed by atoms with Gasteiger partial charge in [-0.2, -0.15) is 5.10 Å². The summed E-state index contributed by atoms with van der Waals surface area (Å²) in [5.41, 5.74) is 1.45. The van der Waals surface area contributed by atoms with Crippen molar-refractivity contribution in [2.75, 3.05) is 5.32 Å². The minimum Gasteiger partial charge on any atom is -0.349 e. The third-order valence-electron chi connectivity index (χ3n) is 4.38. The van der Waals surface area contributed by atoms with E-state index in [0.717, 1.165) is 12.8 Å². The number of benzene rings is 2. The molecule has 4 rings (SSSR count). The molecule has 3 aromatic rings. The molecule has 1 fully saturated rings. The van der Waals surface area contributed by atoms with Gasteiger partial charge in [0.15, 0.2) is 0 Å². The first-order chi connectivity index (χ1) is 13.1. The molecule has 0 unspecified atom stereocenters. The number of amides is 2. The second kappa shape index (κ2) is 7.03. The molecule has 1 aromatic heterocycles. The van der Waals surface area contributed by atoms with E-state index in [1.54, 1.807) is 48.5 Å². The number of carbonyl (C=O) groups excluding carboxylic acids is 2. The molecule has 7 heteroatoms. The highest BCUT2D eigenvalue weighted by Crippen LogP contribution is 2.20. The van der Waals surface area contributed by atoms with Crippen LogP contribution in [-0.2, 0) is 11.3 Å². The Kier molecular flexibility index (Phi) is 4.42. The summed E-state index contributed by atoms with van der Waals surface area (Å²) in [6, 6.07) is 14.1.